The minimum absolute atomic E-state index is 0.895. The summed E-state index contributed by atoms with van der Waals surface area (Å²) in [5.74, 6) is 1.79. The Bertz CT molecular complexity index is 581. The molecule has 1 nitrogen and oxygen atoms in total. The average molecular weight is 332 g/mol. The summed E-state index contributed by atoms with van der Waals surface area (Å²) in [7, 11) is 2.08. The zero-order chi connectivity index (χ0) is 12.0. The Morgan fingerprint density at radius 3 is 2.41 bits per heavy atom. The van der Waals surface area contributed by atoms with E-state index in [0.717, 1.165) is 28.2 Å². The molecule has 82 valence electrons. The smallest absolute Gasteiger partial charge is 0.139 e. The molecule has 0 spiro atoms. The van der Waals surface area contributed by atoms with Crippen LogP contribution in [-0.2, 0) is 0 Å². The molecular formula is C14H10BIO. The standard InChI is InChI=1S/C14H10BIO/c1-8-11-6-9(15)2-4-13(11)17-14-5-3-10(16)7-12(8)14/h2-7H,1,15H2. The minimum Gasteiger partial charge on any atom is -0.456 e. The Hall–Kier alpha value is -1.23. The molecule has 3 rings (SSSR count). The molecule has 2 aromatic carbocycles. The molecule has 0 atom stereocenters. The molecule has 2 aromatic rings. The van der Waals surface area contributed by atoms with Crippen molar-refractivity contribution in [1.82, 2.24) is 0 Å². The van der Waals surface area contributed by atoms with Crippen molar-refractivity contribution in [2.24, 2.45) is 0 Å². The van der Waals surface area contributed by atoms with Gasteiger partial charge in [-0.05, 0) is 52.4 Å². The van der Waals surface area contributed by atoms with Crippen LogP contribution < -0.4 is 10.2 Å². The summed E-state index contributed by atoms with van der Waals surface area (Å²) in [6.07, 6.45) is 0. The zero-order valence-electron chi connectivity index (χ0n) is 9.46. The second kappa shape index (κ2) is 3.91. The van der Waals surface area contributed by atoms with Crippen LogP contribution in [0, 0.1) is 3.57 Å². The van der Waals surface area contributed by atoms with E-state index >= 15 is 0 Å². The Balaban J connectivity index is 2.21. The fourth-order valence-corrected chi connectivity index (χ4v) is 2.55. The summed E-state index contributed by atoms with van der Waals surface area (Å²) >= 11 is 2.31. The van der Waals surface area contributed by atoms with Gasteiger partial charge in [0.25, 0.3) is 0 Å². The molecule has 0 fully saturated rings. The summed E-state index contributed by atoms with van der Waals surface area (Å²) in [5, 5.41) is 0. The highest BCUT2D eigenvalue weighted by molar-refractivity contribution is 14.1. The van der Waals surface area contributed by atoms with Crippen LogP contribution in [0.3, 0.4) is 0 Å². The molecule has 0 amide bonds. The maximum Gasteiger partial charge on any atom is 0.139 e. The lowest BCUT2D eigenvalue weighted by Crippen LogP contribution is -2.08. The van der Waals surface area contributed by atoms with E-state index < -0.39 is 0 Å². The van der Waals surface area contributed by atoms with Crippen LogP contribution in [0.2, 0.25) is 0 Å². The number of ether oxygens (including phenoxy) is 1. The molecule has 1 aliphatic heterocycles. The predicted octanol–water partition coefficient (Wildman–Crippen LogP) is 2.72. The lowest BCUT2D eigenvalue weighted by Gasteiger charge is -2.22. The number of benzene rings is 2. The molecule has 0 aliphatic carbocycles. The summed E-state index contributed by atoms with van der Waals surface area (Å²) in [5.41, 5.74) is 4.46. The van der Waals surface area contributed by atoms with Gasteiger partial charge in [-0.1, -0.05) is 24.2 Å². The molecule has 17 heavy (non-hydrogen) atoms. The van der Waals surface area contributed by atoms with Crippen molar-refractivity contribution < 1.29 is 4.74 Å². The van der Waals surface area contributed by atoms with E-state index in [-0.39, 0.29) is 0 Å². The van der Waals surface area contributed by atoms with Gasteiger partial charge in [-0.25, -0.2) is 0 Å². The Morgan fingerprint density at radius 1 is 1.00 bits per heavy atom. The van der Waals surface area contributed by atoms with Crippen molar-refractivity contribution in [2.75, 3.05) is 0 Å². The van der Waals surface area contributed by atoms with E-state index in [0.29, 0.717) is 0 Å². The number of hydrogen-bond donors (Lipinski definition) is 0. The molecular weight excluding hydrogens is 322 g/mol. The van der Waals surface area contributed by atoms with E-state index in [9.17, 15) is 0 Å². The number of fused-ring (bicyclic) bond motifs is 2. The van der Waals surface area contributed by atoms with Crippen molar-refractivity contribution in [3.8, 4) is 11.5 Å². The van der Waals surface area contributed by atoms with E-state index in [1.165, 1.54) is 9.03 Å². The average Bonchev–Trinajstić information content (AvgIpc) is 2.32. The maximum atomic E-state index is 5.89. The number of halogens is 1. The molecule has 0 saturated heterocycles. The van der Waals surface area contributed by atoms with Gasteiger partial charge < -0.3 is 4.74 Å². The van der Waals surface area contributed by atoms with Gasteiger partial charge in [-0.3, -0.25) is 0 Å². The largest absolute Gasteiger partial charge is 0.456 e. The SMILES string of the molecule is Bc1ccc2c(c1)C(=C)c1cc(I)ccc1O2. The monoisotopic (exact) mass is 332 g/mol. The van der Waals surface area contributed by atoms with Gasteiger partial charge in [0.05, 0.1) is 0 Å². The molecule has 0 unspecified atom stereocenters. The van der Waals surface area contributed by atoms with Crippen molar-refractivity contribution in [3.63, 3.8) is 0 Å². The van der Waals surface area contributed by atoms with Gasteiger partial charge in [0, 0.05) is 14.7 Å². The predicted molar refractivity (Wildman–Crippen MR) is 82.0 cm³/mol. The van der Waals surface area contributed by atoms with Crippen molar-refractivity contribution >= 4 is 41.5 Å². The number of hydrogen-bond acceptors (Lipinski definition) is 1. The fraction of sp³-hybridized carbons (Fsp3) is 0. The molecule has 1 aliphatic rings. The van der Waals surface area contributed by atoms with Gasteiger partial charge >= 0.3 is 0 Å². The molecule has 0 saturated carbocycles. The molecule has 1 heterocycles. The van der Waals surface area contributed by atoms with Crippen molar-refractivity contribution in [3.05, 3.63) is 57.7 Å². The molecule has 0 N–H and O–H groups in total. The van der Waals surface area contributed by atoms with E-state index in [1.54, 1.807) is 0 Å². The van der Waals surface area contributed by atoms with E-state index in [1.807, 2.05) is 18.2 Å². The number of rotatable bonds is 0. The van der Waals surface area contributed by atoms with Crippen LogP contribution in [0.25, 0.3) is 5.57 Å². The second-order valence-corrected chi connectivity index (χ2v) is 5.47. The first-order valence-corrected chi connectivity index (χ1v) is 6.51. The minimum atomic E-state index is 0.895. The van der Waals surface area contributed by atoms with Gasteiger partial charge in [0.2, 0.25) is 0 Å². The van der Waals surface area contributed by atoms with Crippen molar-refractivity contribution in [2.45, 2.75) is 0 Å². The van der Waals surface area contributed by atoms with E-state index in [2.05, 4.69) is 55.2 Å². The summed E-state index contributed by atoms with van der Waals surface area (Å²) in [6.45, 7) is 4.20. The van der Waals surface area contributed by atoms with Gasteiger partial charge in [-0.2, -0.15) is 0 Å². The van der Waals surface area contributed by atoms with Crippen LogP contribution >= 0.6 is 22.6 Å². The van der Waals surface area contributed by atoms with Gasteiger partial charge in [0.1, 0.15) is 19.3 Å². The highest BCUT2D eigenvalue weighted by Gasteiger charge is 2.20. The van der Waals surface area contributed by atoms with E-state index in [4.69, 9.17) is 4.74 Å². The summed E-state index contributed by atoms with van der Waals surface area (Å²) in [6, 6.07) is 12.4. The van der Waals surface area contributed by atoms with Crippen LogP contribution in [0.5, 0.6) is 11.5 Å². The van der Waals surface area contributed by atoms with Gasteiger partial charge in [-0.15, -0.1) is 0 Å². The Morgan fingerprint density at radius 2 is 1.65 bits per heavy atom. The third-order valence-electron chi connectivity index (χ3n) is 2.95. The third-order valence-corrected chi connectivity index (χ3v) is 3.62. The molecule has 3 heteroatoms. The van der Waals surface area contributed by atoms with Gasteiger partial charge in [0.15, 0.2) is 0 Å². The summed E-state index contributed by atoms with van der Waals surface area (Å²) < 4.78 is 7.09. The maximum absolute atomic E-state index is 5.89. The lowest BCUT2D eigenvalue weighted by atomic mass is 9.88. The first-order chi connectivity index (χ1) is 8.15. The highest BCUT2D eigenvalue weighted by atomic mass is 127. The topological polar surface area (TPSA) is 9.23 Å². The first kappa shape index (κ1) is 10.9. The fourth-order valence-electron chi connectivity index (χ4n) is 2.06. The lowest BCUT2D eigenvalue weighted by molar-refractivity contribution is 0.474. The quantitative estimate of drug-likeness (QED) is 0.454. The Labute approximate surface area is 115 Å². The van der Waals surface area contributed by atoms with Crippen LogP contribution in [0.4, 0.5) is 0 Å². The van der Waals surface area contributed by atoms with Crippen LogP contribution in [-0.4, -0.2) is 7.85 Å². The second-order valence-electron chi connectivity index (χ2n) is 4.22. The van der Waals surface area contributed by atoms with Crippen LogP contribution in [0.1, 0.15) is 11.1 Å². The Kier molecular flexibility index (Phi) is 2.51. The first-order valence-electron chi connectivity index (χ1n) is 5.43. The normalized spacial score (nSPS) is 12.6. The molecule has 0 aromatic heterocycles. The summed E-state index contributed by atoms with van der Waals surface area (Å²) in [4.78, 5) is 0. The third kappa shape index (κ3) is 1.78. The highest BCUT2D eigenvalue weighted by Crippen LogP contribution is 2.42. The molecule has 0 bridgehead atoms. The molecule has 0 radical (unpaired) electrons. The zero-order valence-corrected chi connectivity index (χ0v) is 11.6. The van der Waals surface area contributed by atoms with Crippen molar-refractivity contribution in [1.29, 1.82) is 0 Å². The van der Waals surface area contributed by atoms with Crippen LogP contribution in [0.15, 0.2) is 43.0 Å².